The molecular formula is C27H40N2O7. The maximum atomic E-state index is 13.2. The molecule has 1 aromatic carbocycles. The molecule has 1 heterocycles. The van der Waals surface area contributed by atoms with E-state index in [0.29, 0.717) is 26.3 Å². The minimum atomic E-state index is -1.15. The summed E-state index contributed by atoms with van der Waals surface area (Å²) in [6.45, 7) is 10.5. The molecule has 36 heavy (non-hydrogen) atoms. The number of benzene rings is 1. The molecule has 9 heteroatoms. The quantitative estimate of drug-likeness (QED) is 0.361. The first-order valence-corrected chi connectivity index (χ1v) is 12.3. The van der Waals surface area contributed by atoms with Gasteiger partial charge in [-0.3, -0.25) is 14.4 Å². The lowest BCUT2D eigenvalue weighted by molar-refractivity contribution is -0.152. The third-order valence-corrected chi connectivity index (χ3v) is 5.96. The highest BCUT2D eigenvalue weighted by molar-refractivity contribution is 5.99. The molecule has 1 aliphatic rings. The maximum absolute atomic E-state index is 13.2. The van der Waals surface area contributed by atoms with E-state index in [-0.39, 0.29) is 36.9 Å². The van der Waals surface area contributed by atoms with Crippen LogP contribution in [0.5, 0.6) is 0 Å². The van der Waals surface area contributed by atoms with Gasteiger partial charge in [0.05, 0.1) is 25.9 Å². The average molecular weight is 505 g/mol. The van der Waals surface area contributed by atoms with Crippen molar-refractivity contribution in [3.8, 4) is 0 Å². The molecule has 200 valence electrons. The number of ketones is 2. The monoisotopic (exact) mass is 504 g/mol. The number of hydrogen-bond acceptors (Lipinski definition) is 8. The van der Waals surface area contributed by atoms with Gasteiger partial charge in [-0.15, -0.1) is 0 Å². The summed E-state index contributed by atoms with van der Waals surface area (Å²) in [6.07, 6.45) is -0.268. The second-order valence-corrected chi connectivity index (χ2v) is 10.8. The third-order valence-electron chi connectivity index (χ3n) is 5.96. The van der Waals surface area contributed by atoms with Crippen molar-refractivity contribution in [2.45, 2.75) is 65.2 Å². The first kappa shape index (κ1) is 29.5. The van der Waals surface area contributed by atoms with Crippen molar-refractivity contribution in [1.29, 1.82) is 0 Å². The van der Waals surface area contributed by atoms with Crippen molar-refractivity contribution < 1.29 is 33.4 Å². The fourth-order valence-corrected chi connectivity index (χ4v) is 4.01. The summed E-state index contributed by atoms with van der Waals surface area (Å²) in [4.78, 5) is 51.8. The van der Waals surface area contributed by atoms with E-state index in [9.17, 15) is 19.2 Å². The van der Waals surface area contributed by atoms with Crippen LogP contribution in [0.2, 0.25) is 0 Å². The number of likely N-dealkylation sites (tertiary alicyclic amines) is 1. The van der Waals surface area contributed by atoms with Crippen molar-refractivity contribution in [3.05, 3.63) is 35.9 Å². The zero-order valence-corrected chi connectivity index (χ0v) is 22.3. The number of carbonyl (C=O) groups is 4. The van der Waals surface area contributed by atoms with Crippen LogP contribution in [0, 0.1) is 11.8 Å². The molecule has 2 rings (SSSR count). The molecule has 1 unspecified atom stereocenters. The van der Waals surface area contributed by atoms with E-state index in [1.165, 1.54) is 7.11 Å². The Bertz CT molecular complexity index is 900. The van der Waals surface area contributed by atoms with Crippen LogP contribution >= 0.6 is 0 Å². The van der Waals surface area contributed by atoms with Crippen molar-refractivity contribution in [1.82, 2.24) is 10.2 Å². The van der Waals surface area contributed by atoms with Crippen LogP contribution in [0.25, 0.3) is 0 Å². The minimum Gasteiger partial charge on any atom is -0.468 e. The standard InChI is InChI=1S/C27H40N2O7/c1-26(2,3)36-25(33)28-27(4,5)23(31)14-20(18-35-17-19-10-8-7-9-11-19)15-29-13-12-22(30)21(16-29)24(32)34-6/h7-11,20-21H,12-18H2,1-6H3,(H,28,33)/t20-,21?/m1/s1. The van der Waals surface area contributed by atoms with E-state index >= 15 is 0 Å². The molecule has 0 aromatic heterocycles. The van der Waals surface area contributed by atoms with Gasteiger partial charge in [0.15, 0.2) is 5.78 Å². The third kappa shape index (κ3) is 9.70. The van der Waals surface area contributed by atoms with Gasteiger partial charge in [0.2, 0.25) is 0 Å². The number of nitrogens with one attached hydrogen (secondary N) is 1. The number of methoxy groups -OCH3 is 1. The van der Waals surface area contributed by atoms with Crippen LogP contribution in [0.15, 0.2) is 30.3 Å². The van der Waals surface area contributed by atoms with E-state index in [4.69, 9.17) is 14.2 Å². The summed E-state index contributed by atoms with van der Waals surface area (Å²) in [7, 11) is 1.27. The van der Waals surface area contributed by atoms with Crippen LogP contribution in [-0.4, -0.2) is 73.0 Å². The number of alkyl carbamates (subject to hydrolysis) is 1. The number of esters is 1. The fourth-order valence-electron chi connectivity index (χ4n) is 4.01. The molecule has 0 spiro atoms. The van der Waals surface area contributed by atoms with Gasteiger partial charge in [-0.25, -0.2) is 4.79 Å². The van der Waals surface area contributed by atoms with E-state index in [1.54, 1.807) is 34.6 Å². The number of Topliss-reactive ketones (excluding diaryl/α,β-unsaturated/α-hetero) is 2. The number of ether oxygens (including phenoxy) is 3. The Labute approximate surface area is 213 Å². The fraction of sp³-hybridized carbons (Fsp3) is 0.630. The van der Waals surface area contributed by atoms with Gasteiger partial charge in [0.1, 0.15) is 17.3 Å². The van der Waals surface area contributed by atoms with Crippen molar-refractivity contribution in [2.75, 3.05) is 33.4 Å². The lowest BCUT2D eigenvalue weighted by Crippen LogP contribution is -2.52. The smallest absolute Gasteiger partial charge is 0.408 e. The SMILES string of the molecule is COC(=O)C1CN(C[C@H](COCc2ccccc2)CC(=O)C(C)(C)NC(=O)OC(C)(C)C)CCC1=O. The highest BCUT2D eigenvalue weighted by Crippen LogP contribution is 2.20. The van der Waals surface area contributed by atoms with Crippen LogP contribution in [0.1, 0.15) is 53.0 Å². The van der Waals surface area contributed by atoms with E-state index in [0.717, 1.165) is 5.56 Å². The molecule has 0 aliphatic carbocycles. The average Bonchev–Trinajstić information content (AvgIpc) is 2.78. The molecule has 1 aromatic rings. The van der Waals surface area contributed by atoms with Gasteiger partial charge in [-0.1, -0.05) is 30.3 Å². The maximum Gasteiger partial charge on any atom is 0.408 e. The lowest BCUT2D eigenvalue weighted by Gasteiger charge is -2.34. The Balaban J connectivity index is 2.07. The first-order chi connectivity index (χ1) is 16.8. The summed E-state index contributed by atoms with van der Waals surface area (Å²) >= 11 is 0. The van der Waals surface area contributed by atoms with Gasteiger partial charge in [0, 0.05) is 38.4 Å². The lowest BCUT2D eigenvalue weighted by atomic mass is 9.89. The minimum absolute atomic E-state index is 0.131. The Morgan fingerprint density at radius 1 is 1.11 bits per heavy atom. The number of amides is 1. The molecule has 1 fully saturated rings. The Morgan fingerprint density at radius 2 is 1.78 bits per heavy atom. The van der Waals surface area contributed by atoms with Crippen molar-refractivity contribution in [3.63, 3.8) is 0 Å². The number of rotatable bonds is 11. The van der Waals surface area contributed by atoms with Crippen LogP contribution in [0.4, 0.5) is 4.79 Å². The summed E-state index contributed by atoms with van der Waals surface area (Å²) in [5.74, 6) is -1.88. The highest BCUT2D eigenvalue weighted by atomic mass is 16.6. The van der Waals surface area contributed by atoms with Crippen LogP contribution < -0.4 is 5.32 Å². The normalized spacial score (nSPS) is 17.8. The Morgan fingerprint density at radius 3 is 2.39 bits per heavy atom. The van der Waals surface area contributed by atoms with Gasteiger partial charge < -0.3 is 24.4 Å². The first-order valence-electron chi connectivity index (χ1n) is 12.3. The van der Waals surface area contributed by atoms with Gasteiger partial charge in [-0.05, 0) is 40.2 Å². The zero-order chi connectivity index (χ0) is 26.9. The molecule has 0 radical (unpaired) electrons. The Kier molecular flexibility index (Phi) is 10.6. The second-order valence-electron chi connectivity index (χ2n) is 10.8. The van der Waals surface area contributed by atoms with Gasteiger partial charge in [-0.2, -0.15) is 0 Å². The summed E-state index contributed by atoms with van der Waals surface area (Å²) < 4.78 is 16.0. The zero-order valence-electron chi connectivity index (χ0n) is 22.3. The topological polar surface area (TPSA) is 111 Å². The molecule has 1 aliphatic heterocycles. The van der Waals surface area contributed by atoms with E-state index in [2.05, 4.69) is 5.32 Å². The largest absolute Gasteiger partial charge is 0.468 e. The molecule has 0 saturated carbocycles. The molecule has 2 atom stereocenters. The van der Waals surface area contributed by atoms with Gasteiger partial charge >= 0.3 is 12.1 Å². The number of hydrogen-bond donors (Lipinski definition) is 1. The number of carbonyl (C=O) groups excluding carboxylic acids is 4. The molecule has 1 N–H and O–H groups in total. The molecule has 9 nitrogen and oxygen atoms in total. The second kappa shape index (κ2) is 13.0. The number of piperidine rings is 1. The molecule has 0 bridgehead atoms. The highest BCUT2D eigenvalue weighted by Gasteiger charge is 2.36. The van der Waals surface area contributed by atoms with Gasteiger partial charge in [0.25, 0.3) is 0 Å². The Hall–Kier alpha value is -2.78. The summed E-state index contributed by atoms with van der Waals surface area (Å²) in [6, 6.07) is 9.72. The molecule has 1 amide bonds. The summed E-state index contributed by atoms with van der Waals surface area (Å²) in [5.41, 5.74) is -0.811. The predicted octanol–water partition coefficient (Wildman–Crippen LogP) is 3.15. The van der Waals surface area contributed by atoms with Crippen LogP contribution in [0.3, 0.4) is 0 Å². The molecular weight excluding hydrogens is 464 g/mol. The van der Waals surface area contributed by atoms with Crippen molar-refractivity contribution >= 4 is 23.6 Å². The predicted molar refractivity (Wildman–Crippen MR) is 134 cm³/mol. The van der Waals surface area contributed by atoms with Crippen molar-refractivity contribution in [2.24, 2.45) is 11.8 Å². The molecule has 1 saturated heterocycles. The summed E-state index contributed by atoms with van der Waals surface area (Å²) in [5, 5.41) is 2.67. The number of nitrogens with zero attached hydrogens (tertiary/aromatic N) is 1. The van der Waals surface area contributed by atoms with E-state index < -0.39 is 29.1 Å². The van der Waals surface area contributed by atoms with E-state index in [1.807, 2.05) is 35.2 Å². The van der Waals surface area contributed by atoms with Crippen LogP contribution in [-0.2, 0) is 35.2 Å².